The van der Waals surface area contributed by atoms with Crippen LogP contribution in [0.5, 0.6) is 28.7 Å². The molecule has 0 amide bonds. The summed E-state index contributed by atoms with van der Waals surface area (Å²) in [4.78, 5) is 43.2. The van der Waals surface area contributed by atoms with Crippen molar-refractivity contribution < 1.29 is 43.1 Å². The third kappa shape index (κ3) is 6.36. The lowest BCUT2D eigenvalue weighted by molar-refractivity contribution is -0.140. The van der Waals surface area contributed by atoms with Gasteiger partial charge in [0, 0.05) is 0 Å². The second-order valence-electron chi connectivity index (χ2n) is 9.08. The molecule has 0 unspecified atom stereocenters. The highest BCUT2D eigenvalue weighted by molar-refractivity contribution is 7.07. The Hall–Kier alpha value is -4.78. The lowest BCUT2D eigenvalue weighted by Gasteiger charge is -2.26. The predicted molar refractivity (Wildman–Crippen MR) is 157 cm³/mol. The number of ether oxygens (including phenoxy) is 6. The van der Waals surface area contributed by atoms with Gasteiger partial charge in [0.25, 0.3) is 5.56 Å². The first-order valence-corrected chi connectivity index (χ1v) is 14.1. The SMILES string of the molecule is CCOC(=O)C1=C(C)N=c2s/c(=C\c3ccc(OCC(=O)O)c(OCC)c3)c(=O)n2[C@H]1c1cc(OC)c(OC)c(OC)c1. The third-order valence-electron chi connectivity index (χ3n) is 6.44. The molecule has 1 atom stereocenters. The van der Waals surface area contributed by atoms with Crippen LogP contribution in [0, 0.1) is 0 Å². The first-order valence-electron chi connectivity index (χ1n) is 13.3. The summed E-state index contributed by atoms with van der Waals surface area (Å²) >= 11 is 1.16. The molecule has 1 aliphatic rings. The lowest BCUT2D eigenvalue weighted by Crippen LogP contribution is -2.40. The second kappa shape index (κ2) is 13.5. The minimum absolute atomic E-state index is 0.135. The number of aliphatic carboxylic acids is 1. The molecule has 3 aromatic rings. The Kier molecular flexibility index (Phi) is 9.76. The number of carbonyl (C=O) groups is 2. The van der Waals surface area contributed by atoms with Gasteiger partial charge in [0.15, 0.2) is 34.4 Å². The van der Waals surface area contributed by atoms with Gasteiger partial charge in [-0.15, -0.1) is 0 Å². The van der Waals surface area contributed by atoms with Gasteiger partial charge >= 0.3 is 11.9 Å². The topological polar surface area (TPSA) is 144 Å². The van der Waals surface area contributed by atoms with Crippen molar-refractivity contribution in [2.24, 2.45) is 4.99 Å². The van der Waals surface area contributed by atoms with Gasteiger partial charge in [0.1, 0.15) is 0 Å². The number of allylic oxidation sites excluding steroid dienone is 1. The number of aromatic nitrogens is 1. The van der Waals surface area contributed by atoms with Crippen LogP contribution >= 0.6 is 11.3 Å². The monoisotopic (exact) mass is 612 g/mol. The molecule has 12 nitrogen and oxygen atoms in total. The van der Waals surface area contributed by atoms with Crippen LogP contribution in [-0.4, -0.2) is 62.8 Å². The second-order valence-corrected chi connectivity index (χ2v) is 10.1. The summed E-state index contributed by atoms with van der Waals surface area (Å²) in [5.74, 6) is -0.0562. The van der Waals surface area contributed by atoms with Crippen molar-refractivity contribution in [3.63, 3.8) is 0 Å². The molecular formula is C30H32N2O10S. The molecule has 0 spiro atoms. The third-order valence-corrected chi connectivity index (χ3v) is 7.42. The van der Waals surface area contributed by atoms with E-state index in [1.165, 1.54) is 25.9 Å². The molecular weight excluding hydrogens is 580 g/mol. The summed E-state index contributed by atoms with van der Waals surface area (Å²) in [7, 11) is 4.45. The zero-order valence-corrected chi connectivity index (χ0v) is 25.4. The van der Waals surface area contributed by atoms with Gasteiger partial charge in [-0.3, -0.25) is 9.36 Å². The Labute approximate surface area is 251 Å². The van der Waals surface area contributed by atoms with Crippen LogP contribution in [0.15, 0.2) is 51.4 Å². The standard InChI is InChI=1S/C30H32N2O10S/c1-7-40-20-11-17(9-10-19(20)42-15-24(33)34)12-23-28(35)32-26(18-13-21(37-4)27(39-6)22(14-18)38-5)25(29(36)41-8-2)16(3)31-30(32)43-23/h9-14,26H,7-8,15H2,1-6H3,(H,33,34)/b23-12-/t26-/m0/s1. The van der Waals surface area contributed by atoms with Gasteiger partial charge < -0.3 is 33.5 Å². The number of benzene rings is 2. The zero-order chi connectivity index (χ0) is 31.3. The van der Waals surface area contributed by atoms with Gasteiger partial charge in [0.2, 0.25) is 5.75 Å². The van der Waals surface area contributed by atoms with E-state index in [4.69, 9.17) is 33.5 Å². The van der Waals surface area contributed by atoms with E-state index in [9.17, 15) is 14.4 Å². The predicted octanol–water partition coefficient (Wildman–Crippen LogP) is 2.69. The van der Waals surface area contributed by atoms with Crippen LogP contribution in [0.1, 0.15) is 37.9 Å². The Morgan fingerprint density at radius 2 is 1.67 bits per heavy atom. The molecule has 1 aromatic heterocycles. The van der Waals surface area contributed by atoms with Gasteiger partial charge in [-0.1, -0.05) is 17.4 Å². The van der Waals surface area contributed by atoms with Gasteiger partial charge in [-0.05, 0) is 62.2 Å². The van der Waals surface area contributed by atoms with E-state index < -0.39 is 24.6 Å². The summed E-state index contributed by atoms with van der Waals surface area (Å²) in [5.41, 5.74) is 1.36. The highest BCUT2D eigenvalue weighted by atomic mass is 32.1. The molecule has 1 N–H and O–H groups in total. The van der Waals surface area contributed by atoms with Crippen LogP contribution in [0.3, 0.4) is 0 Å². The maximum atomic E-state index is 14.0. The van der Waals surface area contributed by atoms with Crippen molar-refractivity contribution >= 4 is 29.4 Å². The molecule has 2 heterocycles. The molecule has 4 rings (SSSR count). The highest BCUT2D eigenvalue weighted by Gasteiger charge is 2.34. The summed E-state index contributed by atoms with van der Waals surface area (Å²) < 4.78 is 34.7. The van der Waals surface area contributed by atoms with Crippen molar-refractivity contribution in [1.82, 2.24) is 4.57 Å². The summed E-state index contributed by atoms with van der Waals surface area (Å²) in [6.45, 7) is 5.11. The normalized spacial score (nSPS) is 14.5. The van der Waals surface area contributed by atoms with E-state index in [0.29, 0.717) is 55.8 Å². The Balaban J connectivity index is 1.93. The largest absolute Gasteiger partial charge is 0.493 e. The number of esters is 1. The van der Waals surface area contributed by atoms with Crippen molar-refractivity contribution in [2.45, 2.75) is 26.8 Å². The van der Waals surface area contributed by atoms with Crippen molar-refractivity contribution in [3.8, 4) is 28.7 Å². The average molecular weight is 613 g/mol. The Morgan fingerprint density at radius 3 is 2.26 bits per heavy atom. The number of methoxy groups -OCH3 is 3. The molecule has 43 heavy (non-hydrogen) atoms. The van der Waals surface area contributed by atoms with Gasteiger partial charge in [-0.2, -0.15) is 0 Å². The van der Waals surface area contributed by atoms with E-state index in [1.807, 2.05) is 0 Å². The zero-order valence-electron chi connectivity index (χ0n) is 24.6. The number of carboxylic acids is 1. The Morgan fingerprint density at radius 1 is 0.977 bits per heavy atom. The summed E-state index contributed by atoms with van der Waals surface area (Å²) in [6, 6.07) is 7.39. The smallest absolute Gasteiger partial charge is 0.341 e. The molecule has 0 bridgehead atoms. The fourth-order valence-corrected chi connectivity index (χ4v) is 5.71. The van der Waals surface area contributed by atoms with Crippen molar-refractivity contribution in [1.29, 1.82) is 0 Å². The molecule has 0 saturated carbocycles. The number of hydrogen-bond donors (Lipinski definition) is 1. The van der Waals surface area contributed by atoms with Crippen LogP contribution in [0.25, 0.3) is 6.08 Å². The average Bonchev–Trinajstić information content (AvgIpc) is 3.28. The van der Waals surface area contributed by atoms with Crippen LogP contribution < -0.4 is 38.6 Å². The molecule has 2 aromatic carbocycles. The number of hydrogen-bond acceptors (Lipinski definition) is 11. The number of fused-ring (bicyclic) bond motifs is 1. The van der Waals surface area contributed by atoms with E-state index >= 15 is 0 Å². The van der Waals surface area contributed by atoms with Crippen molar-refractivity contribution in [3.05, 3.63) is 72.4 Å². The first-order chi connectivity index (χ1) is 20.7. The van der Waals surface area contributed by atoms with Crippen LogP contribution in [0.2, 0.25) is 0 Å². The Bertz CT molecular complexity index is 1730. The minimum Gasteiger partial charge on any atom is -0.493 e. The maximum Gasteiger partial charge on any atom is 0.341 e. The number of nitrogens with zero attached hydrogens (tertiary/aromatic N) is 2. The van der Waals surface area contributed by atoms with Gasteiger partial charge in [0.05, 0.1) is 56.4 Å². The summed E-state index contributed by atoms with van der Waals surface area (Å²) in [5, 5.41) is 8.98. The van der Waals surface area contributed by atoms with E-state index in [0.717, 1.165) is 11.3 Å². The quantitative estimate of drug-likeness (QED) is 0.303. The molecule has 1 aliphatic heterocycles. The molecule has 0 fully saturated rings. The fourth-order valence-electron chi connectivity index (χ4n) is 4.66. The molecule has 0 radical (unpaired) electrons. The molecule has 0 saturated heterocycles. The lowest BCUT2D eigenvalue weighted by atomic mass is 9.95. The number of carbonyl (C=O) groups excluding carboxylic acids is 1. The van der Waals surface area contributed by atoms with Crippen LogP contribution in [0.4, 0.5) is 0 Å². The highest BCUT2D eigenvalue weighted by Crippen LogP contribution is 2.42. The van der Waals surface area contributed by atoms with E-state index in [1.54, 1.807) is 57.2 Å². The van der Waals surface area contributed by atoms with E-state index in [-0.39, 0.29) is 23.5 Å². The van der Waals surface area contributed by atoms with Crippen LogP contribution in [-0.2, 0) is 14.3 Å². The number of carboxylic acid groups (broad SMARTS) is 1. The molecule has 13 heteroatoms. The van der Waals surface area contributed by atoms with Gasteiger partial charge in [-0.25, -0.2) is 14.6 Å². The van der Waals surface area contributed by atoms with E-state index in [2.05, 4.69) is 4.99 Å². The molecule has 0 aliphatic carbocycles. The number of rotatable bonds is 12. The minimum atomic E-state index is -1.12. The van der Waals surface area contributed by atoms with Crippen molar-refractivity contribution in [2.75, 3.05) is 41.2 Å². The number of thiazole rings is 1. The maximum absolute atomic E-state index is 14.0. The summed E-state index contributed by atoms with van der Waals surface area (Å²) in [6.07, 6.45) is 1.67. The first kappa shape index (κ1) is 31.2. The fraction of sp³-hybridized carbons (Fsp3) is 0.333. The molecule has 228 valence electrons.